The number of ether oxygens (including phenoxy) is 1. The summed E-state index contributed by atoms with van der Waals surface area (Å²) in [4.78, 5) is 26.1. The van der Waals surface area contributed by atoms with E-state index in [1.807, 2.05) is 41.3 Å². The number of likely N-dealkylation sites (tertiary alicyclic amines) is 1. The van der Waals surface area contributed by atoms with Gasteiger partial charge in [0.05, 0.1) is 24.8 Å². The van der Waals surface area contributed by atoms with Crippen LogP contribution in [0.1, 0.15) is 66.9 Å². The summed E-state index contributed by atoms with van der Waals surface area (Å²) in [6.07, 6.45) is 10.6. The fraction of sp³-hybridized carbons (Fsp3) is 0.467. The molecule has 35 heavy (non-hydrogen) atoms. The maximum absolute atomic E-state index is 12.4. The molecule has 1 aliphatic rings. The van der Waals surface area contributed by atoms with Gasteiger partial charge in [-0.2, -0.15) is 0 Å². The molecule has 0 spiro atoms. The van der Waals surface area contributed by atoms with Crippen LogP contribution in [0.4, 0.5) is 0 Å². The van der Waals surface area contributed by atoms with E-state index in [0.717, 1.165) is 50.5 Å². The summed E-state index contributed by atoms with van der Waals surface area (Å²) in [5.74, 6) is 0.0248. The van der Waals surface area contributed by atoms with Crippen molar-refractivity contribution < 1.29 is 19.4 Å². The third-order valence-corrected chi connectivity index (χ3v) is 6.92. The lowest BCUT2D eigenvalue weighted by Crippen LogP contribution is -2.33. The standard InChI is InChI=1S/C30H39NO4/c1-23(10-6-7-13-24-11-4-3-5-12-24)28(32)19-17-27-18-20-29(33)31(27)21-9-15-25-14-8-16-26(22-25)30(34)35-2/h3-5,8,11-12,14,16-17,19,22-23,27-28,32H,6-7,9-10,13,15,18,20-21H2,1-2H3/t23-,27-,28-/m0/s1. The summed E-state index contributed by atoms with van der Waals surface area (Å²) >= 11 is 0. The van der Waals surface area contributed by atoms with Crippen molar-refractivity contribution >= 4 is 11.9 Å². The Morgan fingerprint density at radius 1 is 1.09 bits per heavy atom. The van der Waals surface area contributed by atoms with Crippen LogP contribution in [0.15, 0.2) is 66.7 Å². The zero-order chi connectivity index (χ0) is 25.0. The first-order chi connectivity index (χ1) is 17.0. The first kappa shape index (κ1) is 26.7. The first-order valence-corrected chi connectivity index (χ1v) is 12.8. The molecule has 0 bridgehead atoms. The molecule has 1 fully saturated rings. The molecule has 3 rings (SSSR count). The number of methoxy groups -OCH3 is 1. The number of nitrogens with zero attached hydrogens (tertiary/aromatic N) is 1. The van der Waals surface area contributed by atoms with Crippen molar-refractivity contribution in [3.63, 3.8) is 0 Å². The second-order valence-corrected chi connectivity index (χ2v) is 9.57. The molecule has 1 amide bonds. The molecule has 5 heteroatoms. The molecule has 188 valence electrons. The highest BCUT2D eigenvalue weighted by Gasteiger charge is 2.28. The van der Waals surface area contributed by atoms with Crippen molar-refractivity contribution in [2.24, 2.45) is 5.92 Å². The predicted octanol–water partition coefficient (Wildman–Crippen LogP) is 5.36. The van der Waals surface area contributed by atoms with Gasteiger partial charge < -0.3 is 14.7 Å². The van der Waals surface area contributed by atoms with Gasteiger partial charge in [0.2, 0.25) is 5.91 Å². The van der Waals surface area contributed by atoms with Crippen molar-refractivity contribution in [3.05, 3.63) is 83.4 Å². The van der Waals surface area contributed by atoms with Crippen LogP contribution >= 0.6 is 0 Å². The average Bonchev–Trinajstić information content (AvgIpc) is 3.24. The second-order valence-electron chi connectivity index (χ2n) is 9.57. The fourth-order valence-electron chi connectivity index (χ4n) is 4.71. The number of aliphatic hydroxyl groups excluding tert-OH is 1. The lowest BCUT2D eigenvalue weighted by molar-refractivity contribution is -0.128. The lowest BCUT2D eigenvalue weighted by atomic mass is 9.95. The summed E-state index contributed by atoms with van der Waals surface area (Å²) in [6, 6.07) is 18.0. The van der Waals surface area contributed by atoms with Crippen molar-refractivity contribution in [1.29, 1.82) is 0 Å². The van der Waals surface area contributed by atoms with E-state index in [0.29, 0.717) is 18.5 Å². The highest BCUT2D eigenvalue weighted by atomic mass is 16.5. The minimum atomic E-state index is -0.495. The molecule has 1 N–H and O–H groups in total. The maximum Gasteiger partial charge on any atom is 0.337 e. The van der Waals surface area contributed by atoms with Crippen LogP contribution in [0.3, 0.4) is 0 Å². The van der Waals surface area contributed by atoms with E-state index in [2.05, 4.69) is 31.2 Å². The number of esters is 1. The minimum absolute atomic E-state index is 0.0452. The van der Waals surface area contributed by atoms with Gasteiger partial charge in [-0.3, -0.25) is 4.79 Å². The predicted molar refractivity (Wildman–Crippen MR) is 139 cm³/mol. The average molecular weight is 478 g/mol. The molecule has 1 heterocycles. The molecule has 2 aromatic rings. The maximum atomic E-state index is 12.4. The van der Waals surface area contributed by atoms with Crippen LogP contribution < -0.4 is 0 Å². The Bertz CT molecular complexity index is 971. The number of aliphatic hydroxyl groups is 1. The Hall–Kier alpha value is -2.92. The van der Waals surface area contributed by atoms with Crippen LogP contribution in [0, 0.1) is 5.92 Å². The number of hydrogen-bond acceptors (Lipinski definition) is 4. The number of unbranched alkanes of at least 4 members (excludes halogenated alkanes) is 1. The second kappa shape index (κ2) is 13.8. The quantitative estimate of drug-likeness (QED) is 0.239. The first-order valence-electron chi connectivity index (χ1n) is 12.8. The number of benzene rings is 2. The van der Waals surface area contributed by atoms with E-state index >= 15 is 0 Å². The van der Waals surface area contributed by atoms with Gasteiger partial charge in [-0.1, -0.05) is 68.0 Å². The van der Waals surface area contributed by atoms with Gasteiger partial charge in [-0.15, -0.1) is 0 Å². The number of aryl methyl sites for hydroxylation is 2. The van der Waals surface area contributed by atoms with E-state index in [1.165, 1.54) is 12.7 Å². The fourth-order valence-corrected chi connectivity index (χ4v) is 4.71. The van der Waals surface area contributed by atoms with E-state index < -0.39 is 6.10 Å². The lowest BCUT2D eigenvalue weighted by Gasteiger charge is -2.23. The molecule has 0 saturated carbocycles. The van der Waals surface area contributed by atoms with E-state index in [1.54, 1.807) is 6.07 Å². The molecule has 3 atom stereocenters. The van der Waals surface area contributed by atoms with Crippen LogP contribution in [0.2, 0.25) is 0 Å². The van der Waals surface area contributed by atoms with Gasteiger partial charge in [-0.05, 0) is 67.7 Å². The molecule has 1 saturated heterocycles. The van der Waals surface area contributed by atoms with Crippen molar-refractivity contribution in [2.45, 2.75) is 70.4 Å². The molecule has 0 aliphatic carbocycles. The molecule has 0 aromatic heterocycles. The molecule has 5 nitrogen and oxygen atoms in total. The Morgan fingerprint density at radius 2 is 1.83 bits per heavy atom. The Labute approximate surface area is 209 Å². The monoisotopic (exact) mass is 477 g/mol. The third kappa shape index (κ3) is 8.36. The summed E-state index contributed by atoms with van der Waals surface area (Å²) in [7, 11) is 1.38. The van der Waals surface area contributed by atoms with E-state index in [4.69, 9.17) is 4.74 Å². The summed E-state index contributed by atoms with van der Waals surface area (Å²) < 4.78 is 4.79. The van der Waals surface area contributed by atoms with Crippen molar-refractivity contribution in [2.75, 3.05) is 13.7 Å². The number of carbonyl (C=O) groups is 2. The topological polar surface area (TPSA) is 66.8 Å². The van der Waals surface area contributed by atoms with Crippen molar-refractivity contribution in [3.8, 4) is 0 Å². The summed E-state index contributed by atoms with van der Waals surface area (Å²) in [6.45, 7) is 2.76. The largest absolute Gasteiger partial charge is 0.465 e. The Balaban J connectivity index is 1.42. The van der Waals surface area contributed by atoms with E-state index in [9.17, 15) is 14.7 Å². The molecular weight excluding hydrogens is 438 g/mol. The highest BCUT2D eigenvalue weighted by molar-refractivity contribution is 5.89. The van der Waals surface area contributed by atoms with Crippen LogP contribution in [-0.2, 0) is 22.4 Å². The van der Waals surface area contributed by atoms with Crippen LogP contribution in [-0.4, -0.2) is 47.7 Å². The zero-order valence-corrected chi connectivity index (χ0v) is 21.1. The molecule has 1 aliphatic heterocycles. The van der Waals surface area contributed by atoms with Crippen LogP contribution in [0.25, 0.3) is 0 Å². The number of carbonyl (C=O) groups excluding carboxylic acids is 2. The van der Waals surface area contributed by atoms with Gasteiger partial charge in [0, 0.05) is 13.0 Å². The van der Waals surface area contributed by atoms with Gasteiger partial charge in [-0.25, -0.2) is 4.79 Å². The van der Waals surface area contributed by atoms with Gasteiger partial charge in [0.1, 0.15) is 0 Å². The minimum Gasteiger partial charge on any atom is -0.465 e. The number of amides is 1. The molecule has 0 radical (unpaired) electrons. The smallest absolute Gasteiger partial charge is 0.337 e. The normalized spacial score (nSPS) is 17.6. The zero-order valence-electron chi connectivity index (χ0n) is 21.1. The molecule has 2 aromatic carbocycles. The number of rotatable bonds is 13. The van der Waals surface area contributed by atoms with Gasteiger partial charge >= 0.3 is 5.97 Å². The van der Waals surface area contributed by atoms with E-state index in [-0.39, 0.29) is 23.8 Å². The summed E-state index contributed by atoms with van der Waals surface area (Å²) in [5, 5.41) is 10.6. The number of hydrogen-bond donors (Lipinski definition) is 1. The highest BCUT2D eigenvalue weighted by Crippen LogP contribution is 2.22. The SMILES string of the molecule is COC(=O)c1cccc(CCCN2C(=O)CC[C@@H]2C=C[C@H](O)[C@@H](C)CCCCc2ccccc2)c1. The summed E-state index contributed by atoms with van der Waals surface area (Å²) in [5.41, 5.74) is 2.97. The van der Waals surface area contributed by atoms with Gasteiger partial charge in [0.25, 0.3) is 0 Å². The van der Waals surface area contributed by atoms with Crippen LogP contribution in [0.5, 0.6) is 0 Å². The Kier molecular flexibility index (Phi) is 10.5. The Morgan fingerprint density at radius 3 is 2.60 bits per heavy atom. The van der Waals surface area contributed by atoms with Gasteiger partial charge in [0.15, 0.2) is 0 Å². The molecular formula is C30H39NO4. The van der Waals surface area contributed by atoms with Crippen molar-refractivity contribution in [1.82, 2.24) is 4.90 Å². The third-order valence-electron chi connectivity index (χ3n) is 6.92. The molecule has 0 unspecified atom stereocenters.